The second kappa shape index (κ2) is 5.83. The monoisotopic (exact) mass is 361 g/mol. The van der Waals surface area contributed by atoms with Gasteiger partial charge in [-0.15, -0.1) is 0 Å². The predicted octanol–water partition coefficient (Wildman–Crippen LogP) is 2.25. The van der Waals surface area contributed by atoms with E-state index in [4.69, 9.17) is 10.8 Å². The van der Waals surface area contributed by atoms with Crippen molar-refractivity contribution in [3.63, 3.8) is 0 Å². The fourth-order valence-electron chi connectivity index (χ4n) is 1.98. The highest BCUT2D eigenvalue weighted by atomic mass is 79.9. The Morgan fingerprint density at radius 1 is 1.45 bits per heavy atom. The van der Waals surface area contributed by atoms with Gasteiger partial charge < -0.3 is 10.8 Å². The number of hydrogen-bond donors (Lipinski definition) is 2. The molecule has 0 radical (unpaired) electrons. The molecular formula is C13H16BrNO4S. The summed E-state index contributed by atoms with van der Waals surface area (Å²) in [5.74, 6) is -0.896. The van der Waals surface area contributed by atoms with E-state index in [1.54, 1.807) is 18.2 Å². The molecule has 7 heteroatoms. The van der Waals surface area contributed by atoms with Gasteiger partial charge in [0.1, 0.15) is 0 Å². The maximum Gasteiger partial charge on any atom is 0.303 e. The molecular weight excluding hydrogens is 346 g/mol. The molecule has 1 aromatic carbocycles. The van der Waals surface area contributed by atoms with Crippen LogP contribution in [0.1, 0.15) is 37.3 Å². The third-order valence-corrected chi connectivity index (χ3v) is 6.56. The molecule has 0 spiro atoms. The molecule has 1 fully saturated rings. The zero-order valence-corrected chi connectivity index (χ0v) is 13.2. The minimum Gasteiger partial charge on any atom is -0.481 e. The first kappa shape index (κ1) is 15.5. The third kappa shape index (κ3) is 3.39. The summed E-state index contributed by atoms with van der Waals surface area (Å²) in [7, 11) is -3.25. The zero-order valence-electron chi connectivity index (χ0n) is 10.8. The lowest BCUT2D eigenvalue weighted by Gasteiger charge is -2.13. The summed E-state index contributed by atoms with van der Waals surface area (Å²) in [6.45, 7) is 0. The van der Waals surface area contributed by atoms with E-state index in [1.807, 2.05) is 0 Å². The molecule has 1 saturated carbocycles. The summed E-state index contributed by atoms with van der Waals surface area (Å²) >= 11 is 3.28. The molecule has 0 bridgehead atoms. The van der Waals surface area contributed by atoms with E-state index in [9.17, 15) is 13.2 Å². The van der Waals surface area contributed by atoms with E-state index in [1.165, 1.54) is 0 Å². The minimum absolute atomic E-state index is 0.0130. The molecule has 1 aromatic rings. The SMILES string of the molecule is NC(CCC(=O)O)c1ccc(S(=O)(=O)C2CC2)c(Br)c1. The van der Waals surface area contributed by atoms with Crippen LogP contribution in [0.25, 0.3) is 0 Å². The number of benzene rings is 1. The Hall–Kier alpha value is -0.920. The van der Waals surface area contributed by atoms with Crippen molar-refractivity contribution in [3.05, 3.63) is 28.2 Å². The third-order valence-electron chi connectivity index (χ3n) is 3.32. The molecule has 5 nitrogen and oxygen atoms in total. The maximum atomic E-state index is 12.2. The summed E-state index contributed by atoms with van der Waals surface area (Å²) in [6, 6.07) is 4.46. The average molecular weight is 362 g/mol. The number of carbonyl (C=O) groups is 1. The Balaban J connectivity index is 2.19. The maximum absolute atomic E-state index is 12.2. The summed E-state index contributed by atoms with van der Waals surface area (Å²) in [5.41, 5.74) is 6.64. The van der Waals surface area contributed by atoms with E-state index >= 15 is 0 Å². The number of aliphatic carboxylic acids is 1. The second-order valence-corrected chi connectivity index (χ2v) is 8.02. The molecule has 1 unspecified atom stereocenters. The van der Waals surface area contributed by atoms with Crippen LogP contribution in [-0.4, -0.2) is 24.7 Å². The largest absolute Gasteiger partial charge is 0.481 e. The van der Waals surface area contributed by atoms with E-state index in [-0.39, 0.29) is 16.6 Å². The first-order chi connectivity index (χ1) is 9.32. The standard InChI is InChI=1S/C13H16BrNO4S/c14-10-7-8(11(15)4-6-13(16)17)1-5-12(10)20(18,19)9-2-3-9/h1,5,7,9,11H,2-4,6,15H2,(H,16,17). The molecule has 0 amide bonds. The van der Waals surface area contributed by atoms with Crippen molar-refractivity contribution in [2.75, 3.05) is 0 Å². The fraction of sp³-hybridized carbons (Fsp3) is 0.462. The molecule has 0 aliphatic heterocycles. The van der Waals surface area contributed by atoms with Gasteiger partial charge in [0, 0.05) is 16.9 Å². The molecule has 3 N–H and O–H groups in total. The van der Waals surface area contributed by atoms with Crippen molar-refractivity contribution in [2.24, 2.45) is 5.73 Å². The number of nitrogens with two attached hydrogens (primary N) is 1. The Kier molecular flexibility index (Phi) is 4.51. The van der Waals surface area contributed by atoms with E-state index in [2.05, 4.69) is 15.9 Å². The van der Waals surface area contributed by atoms with Crippen molar-refractivity contribution in [1.82, 2.24) is 0 Å². The topological polar surface area (TPSA) is 97.5 Å². The van der Waals surface area contributed by atoms with E-state index in [0.717, 1.165) is 5.56 Å². The highest BCUT2D eigenvalue weighted by molar-refractivity contribution is 9.10. The first-order valence-electron chi connectivity index (χ1n) is 6.33. The van der Waals surface area contributed by atoms with Crippen LogP contribution in [0.5, 0.6) is 0 Å². The van der Waals surface area contributed by atoms with Crippen LogP contribution in [0.3, 0.4) is 0 Å². The van der Waals surface area contributed by atoms with Crippen LogP contribution in [0.4, 0.5) is 0 Å². The molecule has 0 heterocycles. The summed E-state index contributed by atoms with van der Waals surface area (Å²) in [4.78, 5) is 10.8. The highest BCUT2D eigenvalue weighted by Crippen LogP contribution is 2.37. The van der Waals surface area contributed by atoms with Crippen LogP contribution in [0.15, 0.2) is 27.6 Å². The minimum atomic E-state index is -3.25. The molecule has 1 atom stereocenters. The highest BCUT2D eigenvalue weighted by Gasteiger charge is 2.37. The van der Waals surface area contributed by atoms with Crippen molar-refractivity contribution in [2.45, 2.75) is 41.9 Å². The Morgan fingerprint density at radius 3 is 2.60 bits per heavy atom. The van der Waals surface area contributed by atoms with Crippen LogP contribution in [-0.2, 0) is 14.6 Å². The van der Waals surface area contributed by atoms with Gasteiger partial charge in [0.15, 0.2) is 9.84 Å². The molecule has 110 valence electrons. The lowest BCUT2D eigenvalue weighted by Crippen LogP contribution is -2.13. The molecule has 1 aliphatic rings. The van der Waals surface area contributed by atoms with Crippen LogP contribution < -0.4 is 5.73 Å². The van der Waals surface area contributed by atoms with Gasteiger partial charge in [-0.05, 0) is 52.9 Å². The molecule has 20 heavy (non-hydrogen) atoms. The van der Waals surface area contributed by atoms with Gasteiger partial charge in [-0.1, -0.05) is 6.07 Å². The molecule has 1 aliphatic carbocycles. The Bertz CT molecular complexity index is 625. The van der Waals surface area contributed by atoms with Crippen LogP contribution in [0, 0.1) is 0 Å². The molecule has 0 aromatic heterocycles. The number of rotatable bonds is 6. The van der Waals surface area contributed by atoms with Gasteiger partial charge in [0.25, 0.3) is 0 Å². The number of halogens is 1. The van der Waals surface area contributed by atoms with Crippen LogP contribution >= 0.6 is 15.9 Å². The fourth-order valence-corrected chi connectivity index (χ4v) is 4.76. The number of carboxylic acids is 1. The number of hydrogen-bond acceptors (Lipinski definition) is 4. The van der Waals surface area contributed by atoms with Gasteiger partial charge >= 0.3 is 5.97 Å². The van der Waals surface area contributed by atoms with Gasteiger partial charge in [0.2, 0.25) is 0 Å². The molecule has 2 rings (SSSR count). The van der Waals surface area contributed by atoms with E-state index in [0.29, 0.717) is 23.7 Å². The number of carboxylic acid groups (broad SMARTS) is 1. The normalized spacial score (nSPS) is 16.9. The Labute approximate surface area is 126 Å². The summed E-state index contributed by atoms with van der Waals surface area (Å²) in [6.07, 6.45) is 1.74. The smallest absolute Gasteiger partial charge is 0.303 e. The van der Waals surface area contributed by atoms with Gasteiger partial charge in [-0.3, -0.25) is 4.79 Å². The van der Waals surface area contributed by atoms with Gasteiger partial charge in [-0.2, -0.15) is 0 Å². The first-order valence-corrected chi connectivity index (χ1v) is 8.67. The Morgan fingerprint density at radius 2 is 2.10 bits per heavy atom. The van der Waals surface area contributed by atoms with Gasteiger partial charge in [-0.25, -0.2) is 8.42 Å². The zero-order chi connectivity index (χ0) is 14.9. The van der Waals surface area contributed by atoms with Crippen molar-refractivity contribution in [1.29, 1.82) is 0 Å². The summed E-state index contributed by atoms with van der Waals surface area (Å²) < 4.78 is 24.8. The van der Waals surface area contributed by atoms with Crippen molar-refractivity contribution < 1.29 is 18.3 Å². The van der Waals surface area contributed by atoms with Crippen molar-refractivity contribution in [3.8, 4) is 0 Å². The summed E-state index contributed by atoms with van der Waals surface area (Å²) in [5, 5.41) is 8.38. The molecule has 0 saturated heterocycles. The second-order valence-electron chi connectivity index (χ2n) is 4.97. The van der Waals surface area contributed by atoms with Gasteiger partial charge in [0.05, 0.1) is 10.1 Å². The predicted molar refractivity (Wildman–Crippen MR) is 78.1 cm³/mol. The number of sulfone groups is 1. The lowest BCUT2D eigenvalue weighted by molar-refractivity contribution is -0.137. The quantitative estimate of drug-likeness (QED) is 0.809. The van der Waals surface area contributed by atoms with Crippen molar-refractivity contribution >= 4 is 31.7 Å². The average Bonchev–Trinajstić information content (AvgIpc) is 3.19. The van der Waals surface area contributed by atoms with E-state index < -0.39 is 21.8 Å². The van der Waals surface area contributed by atoms with Crippen LogP contribution in [0.2, 0.25) is 0 Å². The lowest BCUT2D eigenvalue weighted by atomic mass is 10.0.